The van der Waals surface area contributed by atoms with Crippen LogP contribution in [0, 0.1) is 0 Å². The number of nitrogens with zero attached hydrogens (tertiary/aromatic N) is 6. The first-order valence-electron chi connectivity index (χ1n) is 7.37. The van der Waals surface area contributed by atoms with Gasteiger partial charge in [0.15, 0.2) is 10.1 Å². The molecule has 4 heterocycles. The Morgan fingerprint density at radius 3 is 2.87 bits per heavy atom. The van der Waals surface area contributed by atoms with Crippen LogP contribution in [0.2, 0.25) is 5.15 Å². The SMILES string of the molecule is Clc1nc2sccn2c1C=NN1CCN(c2ccccn2)CC1. The molecule has 0 amide bonds. The number of halogens is 1. The Balaban J connectivity index is 1.43. The van der Waals surface area contributed by atoms with Gasteiger partial charge in [0.05, 0.1) is 19.3 Å². The van der Waals surface area contributed by atoms with E-state index in [0.29, 0.717) is 5.15 Å². The Kier molecular flexibility index (Phi) is 3.88. The Bertz CT molecular complexity index is 819. The van der Waals surface area contributed by atoms with Gasteiger partial charge in [-0.2, -0.15) is 5.10 Å². The summed E-state index contributed by atoms with van der Waals surface area (Å²) in [6, 6.07) is 5.99. The molecule has 4 rings (SSSR count). The first kappa shape index (κ1) is 14.5. The van der Waals surface area contributed by atoms with E-state index in [0.717, 1.165) is 42.7 Å². The lowest BCUT2D eigenvalue weighted by molar-refractivity contribution is 0.271. The number of thiazole rings is 1. The molecule has 0 bridgehead atoms. The van der Waals surface area contributed by atoms with Crippen LogP contribution in [-0.4, -0.2) is 51.8 Å². The maximum Gasteiger partial charge on any atom is 0.195 e. The highest BCUT2D eigenvalue weighted by atomic mass is 35.5. The maximum atomic E-state index is 6.18. The number of fused-ring (bicyclic) bond motifs is 1. The number of hydrogen-bond acceptors (Lipinski definition) is 6. The fourth-order valence-electron chi connectivity index (χ4n) is 2.61. The molecule has 8 heteroatoms. The third-order valence-corrected chi connectivity index (χ3v) is 4.86. The number of hydrazone groups is 1. The highest BCUT2D eigenvalue weighted by Gasteiger charge is 2.16. The summed E-state index contributed by atoms with van der Waals surface area (Å²) < 4.78 is 1.96. The van der Waals surface area contributed by atoms with E-state index in [1.807, 2.05) is 40.4 Å². The summed E-state index contributed by atoms with van der Waals surface area (Å²) in [5.41, 5.74) is 0.829. The molecule has 1 aliphatic heterocycles. The zero-order chi connectivity index (χ0) is 15.6. The zero-order valence-corrected chi connectivity index (χ0v) is 13.9. The highest BCUT2D eigenvalue weighted by Crippen LogP contribution is 2.20. The molecule has 6 nitrogen and oxygen atoms in total. The molecular formula is C15H15ClN6S. The molecule has 0 N–H and O–H groups in total. The Labute approximate surface area is 142 Å². The number of piperazine rings is 1. The van der Waals surface area contributed by atoms with Gasteiger partial charge in [0.1, 0.15) is 11.5 Å². The van der Waals surface area contributed by atoms with E-state index >= 15 is 0 Å². The lowest BCUT2D eigenvalue weighted by Crippen LogP contribution is -2.44. The molecule has 3 aromatic heterocycles. The van der Waals surface area contributed by atoms with Crippen LogP contribution in [0.15, 0.2) is 41.1 Å². The molecule has 118 valence electrons. The van der Waals surface area contributed by atoms with Crippen LogP contribution >= 0.6 is 22.9 Å². The largest absolute Gasteiger partial charge is 0.353 e. The average Bonchev–Trinajstić information content (AvgIpc) is 3.15. The second-order valence-electron chi connectivity index (χ2n) is 5.22. The molecule has 3 aromatic rings. The summed E-state index contributed by atoms with van der Waals surface area (Å²) in [5.74, 6) is 1.02. The highest BCUT2D eigenvalue weighted by molar-refractivity contribution is 7.15. The van der Waals surface area contributed by atoms with Gasteiger partial charge in [-0.1, -0.05) is 17.7 Å². The summed E-state index contributed by atoms with van der Waals surface area (Å²) >= 11 is 7.74. The molecule has 0 radical (unpaired) electrons. The topological polar surface area (TPSA) is 49.0 Å². The normalized spacial score (nSPS) is 15.9. The Morgan fingerprint density at radius 1 is 1.22 bits per heavy atom. The van der Waals surface area contributed by atoms with Crippen molar-refractivity contribution in [3.63, 3.8) is 0 Å². The monoisotopic (exact) mass is 346 g/mol. The lowest BCUT2D eigenvalue weighted by atomic mass is 10.3. The fraction of sp³-hybridized carbons (Fsp3) is 0.267. The molecule has 0 saturated carbocycles. The van der Waals surface area contributed by atoms with Crippen LogP contribution in [0.25, 0.3) is 4.96 Å². The van der Waals surface area contributed by atoms with E-state index in [9.17, 15) is 0 Å². The first-order chi connectivity index (χ1) is 11.3. The van der Waals surface area contributed by atoms with Crippen LogP contribution in [0.4, 0.5) is 5.82 Å². The number of aromatic nitrogens is 3. The average molecular weight is 347 g/mol. The van der Waals surface area contributed by atoms with Gasteiger partial charge in [-0.3, -0.25) is 9.41 Å². The van der Waals surface area contributed by atoms with Gasteiger partial charge in [-0.05, 0) is 12.1 Å². The second kappa shape index (κ2) is 6.17. The molecule has 0 aliphatic carbocycles. The van der Waals surface area contributed by atoms with Crippen molar-refractivity contribution < 1.29 is 0 Å². The van der Waals surface area contributed by atoms with Crippen LogP contribution in [-0.2, 0) is 0 Å². The molecule has 0 atom stereocenters. The van der Waals surface area contributed by atoms with Crippen LogP contribution in [0.3, 0.4) is 0 Å². The van der Waals surface area contributed by atoms with Crippen molar-refractivity contribution in [2.45, 2.75) is 0 Å². The number of hydrogen-bond donors (Lipinski definition) is 0. The molecule has 1 fully saturated rings. The Hall–Kier alpha value is -2.12. The first-order valence-corrected chi connectivity index (χ1v) is 8.63. The predicted octanol–water partition coefficient (Wildman–Crippen LogP) is 2.60. The van der Waals surface area contributed by atoms with Crippen molar-refractivity contribution in [3.8, 4) is 0 Å². The van der Waals surface area contributed by atoms with Crippen molar-refractivity contribution in [2.75, 3.05) is 31.1 Å². The van der Waals surface area contributed by atoms with Crippen molar-refractivity contribution in [1.82, 2.24) is 19.4 Å². The van der Waals surface area contributed by atoms with Crippen molar-refractivity contribution in [1.29, 1.82) is 0 Å². The molecule has 0 aromatic carbocycles. The van der Waals surface area contributed by atoms with Crippen LogP contribution < -0.4 is 4.90 Å². The quantitative estimate of drug-likeness (QED) is 0.684. The lowest BCUT2D eigenvalue weighted by Gasteiger charge is -2.33. The summed E-state index contributed by atoms with van der Waals surface area (Å²) in [6.45, 7) is 3.53. The summed E-state index contributed by atoms with van der Waals surface area (Å²) in [5, 5.41) is 9.10. The Morgan fingerprint density at radius 2 is 2.09 bits per heavy atom. The predicted molar refractivity (Wildman–Crippen MR) is 93.7 cm³/mol. The van der Waals surface area contributed by atoms with Gasteiger partial charge in [0.2, 0.25) is 0 Å². The van der Waals surface area contributed by atoms with E-state index in [1.54, 1.807) is 17.6 Å². The molecule has 1 aliphatic rings. The minimum atomic E-state index is 0.493. The maximum absolute atomic E-state index is 6.18. The standard InChI is InChI=1S/C15H15ClN6S/c16-14-12(22-9-10-23-15(22)19-14)11-18-21-7-5-20(6-8-21)13-3-1-2-4-17-13/h1-4,9-11H,5-8H2. The van der Waals surface area contributed by atoms with E-state index in [4.69, 9.17) is 11.6 Å². The minimum absolute atomic E-state index is 0.493. The van der Waals surface area contributed by atoms with E-state index < -0.39 is 0 Å². The van der Waals surface area contributed by atoms with E-state index in [2.05, 4.69) is 25.0 Å². The third-order valence-electron chi connectivity index (χ3n) is 3.83. The number of rotatable bonds is 3. The zero-order valence-electron chi connectivity index (χ0n) is 12.3. The smallest absolute Gasteiger partial charge is 0.195 e. The van der Waals surface area contributed by atoms with Crippen LogP contribution in [0.5, 0.6) is 0 Å². The van der Waals surface area contributed by atoms with Gasteiger partial charge < -0.3 is 4.90 Å². The second-order valence-corrected chi connectivity index (χ2v) is 6.45. The minimum Gasteiger partial charge on any atom is -0.353 e. The van der Waals surface area contributed by atoms with Crippen LogP contribution in [0.1, 0.15) is 5.69 Å². The van der Waals surface area contributed by atoms with Crippen molar-refractivity contribution in [3.05, 3.63) is 46.8 Å². The number of pyridine rings is 1. The fourth-order valence-corrected chi connectivity index (χ4v) is 3.60. The summed E-state index contributed by atoms with van der Waals surface area (Å²) in [6.07, 6.45) is 5.58. The van der Waals surface area contributed by atoms with E-state index in [1.165, 1.54) is 0 Å². The summed E-state index contributed by atoms with van der Waals surface area (Å²) in [7, 11) is 0. The molecule has 0 spiro atoms. The van der Waals surface area contributed by atoms with Gasteiger partial charge in [-0.15, -0.1) is 11.3 Å². The van der Waals surface area contributed by atoms with Crippen molar-refractivity contribution >= 4 is 39.9 Å². The van der Waals surface area contributed by atoms with E-state index in [-0.39, 0.29) is 0 Å². The van der Waals surface area contributed by atoms with Crippen molar-refractivity contribution in [2.24, 2.45) is 5.10 Å². The summed E-state index contributed by atoms with van der Waals surface area (Å²) in [4.78, 5) is 11.9. The third kappa shape index (κ3) is 2.89. The molecular weight excluding hydrogens is 332 g/mol. The number of imidazole rings is 1. The van der Waals surface area contributed by atoms with Gasteiger partial charge in [0, 0.05) is 30.9 Å². The molecule has 0 unspecified atom stereocenters. The molecule has 23 heavy (non-hydrogen) atoms. The van der Waals surface area contributed by atoms with Gasteiger partial charge in [-0.25, -0.2) is 9.97 Å². The van der Waals surface area contributed by atoms with Gasteiger partial charge >= 0.3 is 0 Å². The molecule has 1 saturated heterocycles. The van der Waals surface area contributed by atoms with Gasteiger partial charge in [0.25, 0.3) is 0 Å². The number of anilines is 1.